The van der Waals surface area contributed by atoms with E-state index in [1.165, 1.54) is 12.1 Å². The van der Waals surface area contributed by atoms with Crippen LogP contribution in [0, 0.1) is 6.92 Å². The van der Waals surface area contributed by atoms with Crippen molar-refractivity contribution in [2.75, 3.05) is 0 Å². The molecule has 3 aromatic rings. The molecular formula is C16H11ClO4. The molecule has 2 aromatic carbocycles. The van der Waals surface area contributed by atoms with Gasteiger partial charge in [-0.15, -0.1) is 0 Å². The molecule has 0 spiro atoms. The second-order valence-corrected chi connectivity index (χ2v) is 4.96. The van der Waals surface area contributed by atoms with Gasteiger partial charge in [0.05, 0.1) is 5.02 Å². The molecule has 0 atom stereocenters. The van der Waals surface area contributed by atoms with E-state index in [9.17, 15) is 9.90 Å². The summed E-state index contributed by atoms with van der Waals surface area (Å²) in [4.78, 5) is 12.1. The minimum atomic E-state index is -0.620. The largest absolute Gasteiger partial charge is 0.508 e. The Balaban J connectivity index is 2.17. The zero-order valence-electron chi connectivity index (χ0n) is 11.1. The van der Waals surface area contributed by atoms with Gasteiger partial charge in [-0.25, -0.2) is 4.79 Å². The van der Waals surface area contributed by atoms with Crippen molar-refractivity contribution < 1.29 is 14.3 Å². The fraction of sp³-hybridized carbons (Fsp3) is 0.0625. The molecule has 1 heterocycles. The Morgan fingerprint density at radius 2 is 1.95 bits per heavy atom. The van der Waals surface area contributed by atoms with Crippen LogP contribution in [0.4, 0.5) is 0 Å². The number of rotatable bonds is 2. The highest BCUT2D eigenvalue weighted by atomic mass is 35.5. The van der Waals surface area contributed by atoms with E-state index in [-0.39, 0.29) is 11.5 Å². The van der Waals surface area contributed by atoms with Gasteiger partial charge in [0.25, 0.3) is 0 Å². The van der Waals surface area contributed by atoms with Gasteiger partial charge in [0, 0.05) is 17.0 Å². The first kappa shape index (κ1) is 13.5. The molecule has 5 heteroatoms. The molecular weight excluding hydrogens is 292 g/mol. The summed E-state index contributed by atoms with van der Waals surface area (Å²) in [6.45, 7) is 1.75. The molecule has 0 aliphatic carbocycles. The topological polar surface area (TPSA) is 59.7 Å². The fourth-order valence-corrected chi connectivity index (χ4v) is 2.26. The second-order valence-electron chi connectivity index (χ2n) is 4.56. The number of hydrogen-bond acceptors (Lipinski definition) is 4. The normalized spacial score (nSPS) is 10.8. The Labute approximate surface area is 125 Å². The van der Waals surface area contributed by atoms with E-state index in [2.05, 4.69) is 0 Å². The third kappa shape index (κ3) is 2.45. The summed E-state index contributed by atoms with van der Waals surface area (Å²) < 4.78 is 10.8. The second kappa shape index (κ2) is 5.14. The van der Waals surface area contributed by atoms with Crippen molar-refractivity contribution in [1.29, 1.82) is 0 Å². The van der Waals surface area contributed by atoms with Gasteiger partial charge in [-0.3, -0.25) is 0 Å². The van der Waals surface area contributed by atoms with Gasteiger partial charge in [0.2, 0.25) is 5.75 Å². The molecule has 1 N–H and O–H groups in total. The Morgan fingerprint density at radius 1 is 1.19 bits per heavy atom. The van der Waals surface area contributed by atoms with Gasteiger partial charge >= 0.3 is 5.63 Å². The molecule has 1 aromatic heterocycles. The van der Waals surface area contributed by atoms with Crippen LogP contribution >= 0.6 is 11.6 Å². The highest BCUT2D eigenvalue weighted by Crippen LogP contribution is 2.32. The fourth-order valence-electron chi connectivity index (χ4n) is 2.08. The summed E-state index contributed by atoms with van der Waals surface area (Å²) in [6, 6.07) is 11.5. The summed E-state index contributed by atoms with van der Waals surface area (Å²) in [5.41, 5.74) is 0.315. The lowest BCUT2D eigenvalue weighted by Crippen LogP contribution is -2.06. The van der Waals surface area contributed by atoms with Crippen LogP contribution in [0.5, 0.6) is 17.2 Å². The molecule has 4 nitrogen and oxygen atoms in total. The molecule has 3 rings (SSSR count). The monoisotopic (exact) mass is 302 g/mol. The van der Waals surface area contributed by atoms with Crippen molar-refractivity contribution >= 4 is 22.6 Å². The number of phenols is 1. The van der Waals surface area contributed by atoms with E-state index in [0.717, 1.165) is 0 Å². The quantitative estimate of drug-likeness (QED) is 0.719. The average molecular weight is 303 g/mol. The SMILES string of the molecule is Cc1c(Oc2ccccc2Cl)c(=O)oc2cc(O)ccc12. The molecule has 0 radical (unpaired) electrons. The van der Waals surface area contributed by atoms with Crippen molar-refractivity contribution in [3.05, 3.63) is 63.5 Å². The zero-order chi connectivity index (χ0) is 15.0. The van der Waals surface area contributed by atoms with Crippen LogP contribution in [0.1, 0.15) is 5.56 Å². The molecule has 21 heavy (non-hydrogen) atoms. The summed E-state index contributed by atoms with van der Waals surface area (Å²) >= 11 is 6.03. The van der Waals surface area contributed by atoms with Crippen LogP contribution in [-0.4, -0.2) is 5.11 Å². The van der Waals surface area contributed by atoms with Crippen molar-refractivity contribution in [3.8, 4) is 17.2 Å². The number of phenolic OH excluding ortho intramolecular Hbond substituents is 1. The van der Waals surface area contributed by atoms with Crippen molar-refractivity contribution in [3.63, 3.8) is 0 Å². The third-order valence-electron chi connectivity index (χ3n) is 3.15. The predicted octanol–water partition coefficient (Wildman–Crippen LogP) is 4.25. The number of halogens is 1. The van der Waals surface area contributed by atoms with Crippen LogP contribution in [0.3, 0.4) is 0 Å². The van der Waals surface area contributed by atoms with Crippen LogP contribution < -0.4 is 10.4 Å². The summed E-state index contributed by atoms with van der Waals surface area (Å²) in [5, 5.41) is 10.5. The summed E-state index contributed by atoms with van der Waals surface area (Å²) in [6.07, 6.45) is 0. The molecule has 0 bridgehead atoms. The van der Waals surface area contributed by atoms with Gasteiger partial charge in [-0.05, 0) is 31.2 Å². The van der Waals surface area contributed by atoms with E-state index in [1.807, 2.05) is 0 Å². The maximum Gasteiger partial charge on any atom is 0.379 e. The lowest BCUT2D eigenvalue weighted by molar-refractivity contribution is 0.432. The summed E-state index contributed by atoms with van der Waals surface area (Å²) in [7, 11) is 0. The number of benzene rings is 2. The van der Waals surface area contributed by atoms with E-state index in [4.69, 9.17) is 20.8 Å². The van der Waals surface area contributed by atoms with Gasteiger partial charge in [-0.1, -0.05) is 23.7 Å². The van der Waals surface area contributed by atoms with Crippen LogP contribution in [0.2, 0.25) is 5.02 Å². The van der Waals surface area contributed by atoms with Gasteiger partial charge in [-0.2, -0.15) is 0 Å². The van der Waals surface area contributed by atoms with Crippen molar-refractivity contribution in [1.82, 2.24) is 0 Å². The number of hydrogen-bond donors (Lipinski definition) is 1. The Kier molecular flexibility index (Phi) is 3.31. The van der Waals surface area contributed by atoms with Crippen LogP contribution in [-0.2, 0) is 0 Å². The summed E-state index contributed by atoms with van der Waals surface area (Å²) in [5.74, 6) is 0.499. The maximum absolute atomic E-state index is 12.1. The number of aryl methyl sites for hydroxylation is 1. The molecule has 0 saturated heterocycles. The average Bonchev–Trinajstić information content (AvgIpc) is 2.45. The number of para-hydroxylation sites is 1. The molecule has 0 saturated carbocycles. The van der Waals surface area contributed by atoms with Crippen molar-refractivity contribution in [2.24, 2.45) is 0 Å². The highest BCUT2D eigenvalue weighted by molar-refractivity contribution is 6.32. The lowest BCUT2D eigenvalue weighted by Gasteiger charge is -2.10. The van der Waals surface area contributed by atoms with E-state index in [0.29, 0.717) is 27.3 Å². The maximum atomic E-state index is 12.1. The van der Waals surface area contributed by atoms with Crippen LogP contribution in [0.25, 0.3) is 11.0 Å². The Hall–Kier alpha value is -2.46. The molecule has 0 fully saturated rings. The molecule has 0 aliphatic rings. The van der Waals surface area contributed by atoms with Crippen molar-refractivity contribution in [2.45, 2.75) is 6.92 Å². The third-order valence-corrected chi connectivity index (χ3v) is 3.46. The van der Waals surface area contributed by atoms with E-state index < -0.39 is 5.63 Å². The molecule has 0 unspecified atom stereocenters. The minimum Gasteiger partial charge on any atom is -0.508 e. The Morgan fingerprint density at radius 3 is 2.71 bits per heavy atom. The van der Waals surface area contributed by atoms with E-state index in [1.54, 1.807) is 37.3 Å². The van der Waals surface area contributed by atoms with Gasteiger partial charge < -0.3 is 14.3 Å². The zero-order valence-corrected chi connectivity index (χ0v) is 11.8. The lowest BCUT2D eigenvalue weighted by atomic mass is 10.1. The highest BCUT2D eigenvalue weighted by Gasteiger charge is 2.15. The standard InChI is InChI=1S/C16H11ClO4/c1-9-11-7-6-10(18)8-14(11)21-16(19)15(9)20-13-5-3-2-4-12(13)17/h2-8,18H,1H3. The molecule has 106 valence electrons. The first-order chi connectivity index (χ1) is 10.1. The Bertz CT molecular complexity index is 883. The first-order valence-corrected chi connectivity index (χ1v) is 6.63. The predicted molar refractivity (Wildman–Crippen MR) is 80.4 cm³/mol. The first-order valence-electron chi connectivity index (χ1n) is 6.25. The van der Waals surface area contributed by atoms with E-state index >= 15 is 0 Å². The number of ether oxygens (including phenoxy) is 1. The molecule has 0 amide bonds. The van der Waals surface area contributed by atoms with Gasteiger partial charge in [0.15, 0.2) is 0 Å². The smallest absolute Gasteiger partial charge is 0.379 e. The van der Waals surface area contributed by atoms with Gasteiger partial charge in [0.1, 0.15) is 17.1 Å². The minimum absolute atomic E-state index is 0.0322. The van der Waals surface area contributed by atoms with Crippen LogP contribution in [0.15, 0.2) is 51.7 Å². The molecule has 0 aliphatic heterocycles. The number of fused-ring (bicyclic) bond motifs is 1. The number of aromatic hydroxyl groups is 1.